The first-order valence-electron chi connectivity index (χ1n) is 6.13. The normalized spacial score (nSPS) is 17.3. The fourth-order valence-electron chi connectivity index (χ4n) is 2.14. The maximum absolute atomic E-state index is 12.3. The number of hydrogen-bond acceptors (Lipinski definition) is 4. The Morgan fingerprint density at radius 3 is 2.53 bits per heavy atom. The van der Waals surface area contributed by atoms with E-state index in [1.54, 1.807) is 11.3 Å². The summed E-state index contributed by atoms with van der Waals surface area (Å²) in [4.78, 5) is 16.3. The summed E-state index contributed by atoms with van der Waals surface area (Å²) < 4.78 is 1.13. The SMILES string of the molecule is CC(C)(C#N)N1CCN(C(=O)c2csc(I)c2)CC1. The highest BCUT2D eigenvalue weighted by Crippen LogP contribution is 2.20. The van der Waals surface area contributed by atoms with E-state index >= 15 is 0 Å². The second kappa shape index (κ2) is 5.77. The first kappa shape index (κ1) is 14.8. The van der Waals surface area contributed by atoms with Crippen LogP contribution in [-0.4, -0.2) is 47.4 Å². The summed E-state index contributed by atoms with van der Waals surface area (Å²) in [5.41, 5.74) is 0.329. The number of rotatable bonds is 2. The van der Waals surface area contributed by atoms with Crippen molar-refractivity contribution in [2.45, 2.75) is 19.4 Å². The van der Waals surface area contributed by atoms with Crippen molar-refractivity contribution in [2.24, 2.45) is 0 Å². The van der Waals surface area contributed by atoms with Crippen molar-refractivity contribution in [1.82, 2.24) is 9.80 Å². The molecule has 0 atom stereocenters. The molecular formula is C13H16IN3OS. The van der Waals surface area contributed by atoms with Crippen LogP contribution in [0, 0.1) is 14.2 Å². The Labute approximate surface area is 131 Å². The minimum Gasteiger partial charge on any atom is -0.336 e. The van der Waals surface area contributed by atoms with E-state index in [4.69, 9.17) is 5.26 Å². The van der Waals surface area contributed by atoms with Gasteiger partial charge in [-0.1, -0.05) is 0 Å². The zero-order valence-corrected chi connectivity index (χ0v) is 14.0. The van der Waals surface area contributed by atoms with Crippen LogP contribution in [0.3, 0.4) is 0 Å². The van der Waals surface area contributed by atoms with E-state index < -0.39 is 5.54 Å². The highest BCUT2D eigenvalue weighted by Gasteiger charge is 2.31. The molecule has 1 amide bonds. The van der Waals surface area contributed by atoms with Crippen LogP contribution < -0.4 is 0 Å². The number of carbonyl (C=O) groups excluding carboxylic acids is 1. The number of nitriles is 1. The van der Waals surface area contributed by atoms with Crippen LogP contribution in [0.25, 0.3) is 0 Å². The maximum atomic E-state index is 12.3. The van der Waals surface area contributed by atoms with Crippen LogP contribution in [0.2, 0.25) is 0 Å². The average Bonchev–Trinajstić information content (AvgIpc) is 2.85. The van der Waals surface area contributed by atoms with Crippen molar-refractivity contribution < 1.29 is 4.79 Å². The van der Waals surface area contributed by atoms with Crippen molar-refractivity contribution in [3.8, 4) is 6.07 Å². The standard InChI is InChI=1S/C13H16IN3OS/c1-13(2,9-15)17-5-3-16(4-6-17)12(18)10-7-11(14)19-8-10/h7-8H,3-6H2,1-2H3. The average molecular weight is 389 g/mol. The molecule has 1 aromatic rings. The first-order chi connectivity index (χ1) is 8.94. The van der Waals surface area contributed by atoms with Gasteiger partial charge in [-0.2, -0.15) is 5.26 Å². The molecule has 1 fully saturated rings. The second-order valence-electron chi connectivity index (χ2n) is 5.09. The van der Waals surface area contributed by atoms with Crippen LogP contribution in [-0.2, 0) is 0 Å². The molecule has 0 bridgehead atoms. The zero-order valence-electron chi connectivity index (χ0n) is 11.0. The predicted octanol–water partition coefficient (Wildman–Crippen LogP) is 2.41. The lowest BCUT2D eigenvalue weighted by Gasteiger charge is -2.40. The van der Waals surface area contributed by atoms with Gasteiger partial charge in [0, 0.05) is 31.6 Å². The topological polar surface area (TPSA) is 47.3 Å². The number of hydrogen-bond donors (Lipinski definition) is 0. The van der Waals surface area contributed by atoms with Crippen LogP contribution >= 0.6 is 33.9 Å². The van der Waals surface area contributed by atoms with Gasteiger partial charge in [-0.3, -0.25) is 9.69 Å². The van der Waals surface area contributed by atoms with Crippen molar-refractivity contribution in [3.05, 3.63) is 19.9 Å². The molecule has 1 aliphatic heterocycles. The highest BCUT2D eigenvalue weighted by atomic mass is 127. The third-order valence-electron chi connectivity index (χ3n) is 3.45. The minimum absolute atomic E-state index is 0.105. The van der Waals surface area contributed by atoms with Gasteiger partial charge in [0.2, 0.25) is 0 Å². The van der Waals surface area contributed by atoms with E-state index in [1.807, 2.05) is 30.2 Å². The van der Waals surface area contributed by atoms with Gasteiger partial charge in [0.1, 0.15) is 5.54 Å². The fraction of sp³-hybridized carbons (Fsp3) is 0.538. The molecule has 1 aromatic heterocycles. The van der Waals surface area contributed by atoms with Crippen LogP contribution in [0.1, 0.15) is 24.2 Å². The summed E-state index contributed by atoms with van der Waals surface area (Å²) in [5.74, 6) is 0.105. The molecule has 2 rings (SSSR count). The van der Waals surface area contributed by atoms with Crippen molar-refractivity contribution in [2.75, 3.05) is 26.2 Å². The summed E-state index contributed by atoms with van der Waals surface area (Å²) in [5, 5.41) is 11.0. The number of amides is 1. The Kier molecular flexibility index (Phi) is 4.48. The Balaban J connectivity index is 1.97. The lowest BCUT2D eigenvalue weighted by Crippen LogP contribution is -2.55. The van der Waals surface area contributed by atoms with Crippen LogP contribution in [0.5, 0.6) is 0 Å². The Morgan fingerprint density at radius 1 is 1.42 bits per heavy atom. The number of piperazine rings is 1. The number of nitrogens with zero attached hydrogens (tertiary/aromatic N) is 3. The van der Waals surface area contributed by atoms with Gasteiger partial charge >= 0.3 is 0 Å². The molecule has 0 aliphatic carbocycles. The van der Waals surface area contributed by atoms with E-state index in [0.29, 0.717) is 13.1 Å². The van der Waals surface area contributed by atoms with E-state index in [9.17, 15) is 4.79 Å². The van der Waals surface area contributed by atoms with Crippen LogP contribution in [0.4, 0.5) is 0 Å². The molecule has 0 saturated carbocycles. The highest BCUT2D eigenvalue weighted by molar-refractivity contribution is 14.1. The Hall–Kier alpha value is -0.650. The van der Waals surface area contributed by atoms with Gasteiger partial charge in [0.05, 0.1) is 14.5 Å². The summed E-state index contributed by atoms with van der Waals surface area (Å²) >= 11 is 3.82. The molecule has 102 valence electrons. The van der Waals surface area contributed by atoms with Gasteiger partial charge in [0.15, 0.2) is 0 Å². The molecule has 4 nitrogen and oxygen atoms in total. The van der Waals surface area contributed by atoms with Gasteiger partial charge in [0.25, 0.3) is 5.91 Å². The summed E-state index contributed by atoms with van der Waals surface area (Å²) in [7, 11) is 0. The molecule has 0 radical (unpaired) electrons. The third kappa shape index (κ3) is 3.27. The quantitative estimate of drug-likeness (QED) is 0.730. The summed E-state index contributed by atoms with van der Waals surface area (Å²) in [6.45, 7) is 6.74. The predicted molar refractivity (Wildman–Crippen MR) is 84.2 cm³/mol. The number of thiophene rings is 1. The molecule has 6 heteroatoms. The monoisotopic (exact) mass is 389 g/mol. The Morgan fingerprint density at radius 2 is 2.05 bits per heavy atom. The second-order valence-corrected chi connectivity index (χ2v) is 7.89. The van der Waals surface area contributed by atoms with E-state index in [1.165, 1.54) is 0 Å². The van der Waals surface area contributed by atoms with Gasteiger partial charge in [-0.25, -0.2) is 0 Å². The molecule has 19 heavy (non-hydrogen) atoms. The van der Waals surface area contributed by atoms with Gasteiger partial charge in [-0.15, -0.1) is 11.3 Å². The lowest BCUT2D eigenvalue weighted by atomic mass is 10.0. The molecule has 1 aliphatic rings. The zero-order chi connectivity index (χ0) is 14.0. The maximum Gasteiger partial charge on any atom is 0.254 e. The number of carbonyl (C=O) groups is 1. The largest absolute Gasteiger partial charge is 0.336 e. The van der Waals surface area contributed by atoms with E-state index in [-0.39, 0.29) is 5.91 Å². The van der Waals surface area contributed by atoms with Crippen molar-refractivity contribution >= 4 is 39.8 Å². The van der Waals surface area contributed by atoms with Crippen molar-refractivity contribution in [3.63, 3.8) is 0 Å². The van der Waals surface area contributed by atoms with E-state index in [2.05, 4.69) is 33.6 Å². The first-order valence-corrected chi connectivity index (χ1v) is 8.09. The van der Waals surface area contributed by atoms with E-state index in [0.717, 1.165) is 21.5 Å². The minimum atomic E-state index is -0.451. The molecule has 0 N–H and O–H groups in total. The smallest absolute Gasteiger partial charge is 0.254 e. The molecule has 2 heterocycles. The third-order valence-corrected chi connectivity index (χ3v) is 5.23. The van der Waals surface area contributed by atoms with Crippen molar-refractivity contribution in [1.29, 1.82) is 5.26 Å². The molecule has 1 saturated heterocycles. The molecular weight excluding hydrogens is 373 g/mol. The van der Waals surface area contributed by atoms with Gasteiger partial charge in [-0.05, 0) is 42.5 Å². The molecule has 0 unspecified atom stereocenters. The van der Waals surface area contributed by atoms with Gasteiger partial charge < -0.3 is 4.90 Å². The lowest BCUT2D eigenvalue weighted by molar-refractivity contribution is 0.0521. The van der Waals surface area contributed by atoms with Crippen LogP contribution in [0.15, 0.2) is 11.4 Å². The number of halogens is 1. The fourth-order valence-corrected chi connectivity index (χ4v) is 3.46. The summed E-state index contributed by atoms with van der Waals surface area (Å²) in [6.07, 6.45) is 0. The molecule has 0 spiro atoms. The Bertz CT molecular complexity index is 512. The summed E-state index contributed by atoms with van der Waals surface area (Å²) in [6, 6.07) is 4.24. The molecule has 0 aromatic carbocycles.